The topological polar surface area (TPSA) is 105 Å². The Hall–Kier alpha value is -3.94. The van der Waals surface area contributed by atoms with Crippen molar-refractivity contribution in [3.05, 3.63) is 78.4 Å². The molecular formula is C24H27N5O3. The summed E-state index contributed by atoms with van der Waals surface area (Å²) in [4.78, 5) is 41.5. The van der Waals surface area contributed by atoms with E-state index < -0.39 is 0 Å². The van der Waals surface area contributed by atoms with Gasteiger partial charge in [-0.2, -0.15) is 0 Å². The van der Waals surface area contributed by atoms with E-state index in [9.17, 15) is 14.4 Å². The molecule has 0 saturated heterocycles. The fourth-order valence-electron chi connectivity index (χ4n) is 2.99. The van der Waals surface area contributed by atoms with Crippen molar-refractivity contribution in [1.82, 2.24) is 14.9 Å². The van der Waals surface area contributed by atoms with Gasteiger partial charge in [-0.1, -0.05) is 32.0 Å². The fourth-order valence-corrected chi connectivity index (χ4v) is 2.99. The second-order valence-corrected chi connectivity index (χ2v) is 7.78. The van der Waals surface area contributed by atoms with Crippen molar-refractivity contribution in [3.63, 3.8) is 0 Å². The largest absolute Gasteiger partial charge is 0.352 e. The van der Waals surface area contributed by atoms with Gasteiger partial charge in [-0.25, -0.2) is 4.98 Å². The zero-order valence-corrected chi connectivity index (χ0v) is 18.2. The first-order chi connectivity index (χ1) is 15.4. The van der Waals surface area contributed by atoms with E-state index in [1.54, 1.807) is 67.3 Å². The lowest BCUT2D eigenvalue weighted by Crippen LogP contribution is -2.28. The number of carbonyl (C=O) groups excluding carboxylic acids is 3. The standard InChI is InChI=1S/C24H27N5O3/c1-17(2)15-26-24(32)20-8-3-4-9-21(20)28-23(31)18-6-5-7-19(14-18)27-22(30)10-12-29-13-11-25-16-29/h3-9,11,13-14,16-17H,10,12,15H2,1-2H3,(H,26,32)(H,27,30)(H,28,31). The number of anilines is 2. The molecule has 1 aromatic heterocycles. The fraction of sp³-hybridized carbons (Fsp3) is 0.250. The van der Waals surface area contributed by atoms with Crippen LogP contribution in [0.4, 0.5) is 11.4 Å². The second kappa shape index (κ2) is 10.9. The molecule has 0 saturated carbocycles. The highest BCUT2D eigenvalue weighted by Gasteiger charge is 2.15. The lowest BCUT2D eigenvalue weighted by molar-refractivity contribution is -0.116. The molecule has 0 bridgehead atoms. The van der Waals surface area contributed by atoms with Crippen molar-refractivity contribution in [3.8, 4) is 0 Å². The van der Waals surface area contributed by atoms with E-state index in [-0.39, 0.29) is 24.1 Å². The van der Waals surface area contributed by atoms with Crippen LogP contribution < -0.4 is 16.0 Å². The molecule has 1 heterocycles. The molecule has 2 aromatic carbocycles. The number of aromatic nitrogens is 2. The van der Waals surface area contributed by atoms with Crippen LogP contribution in [0.15, 0.2) is 67.3 Å². The number of para-hydroxylation sites is 1. The maximum absolute atomic E-state index is 12.8. The van der Waals surface area contributed by atoms with Crippen molar-refractivity contribution >= 4 is 29.1 Å². The number of nitrogens with zero attached hydrogens (tertiary/aromatic N) is 2. The van der Waals surface area contributed by atoms with Gasteiger partial charge in [-0.15, -0.1) is 0 Å². The van der Waals surface area contributed by atoms with Crippen LogP contribution in [0.2, 0.25) is 0 Å². The van der Waals surface area contributed by atoms with E-state index in [4.69, 9.17) is 0 Å². The number of carbonyl (C=O) groups is 3. The lowest BCUT2D eigenvalue weighted by Gasteiger charge is -2.13. The van der Waals surface area contributed by atoms with Gasteiger partial charge < -0.3 is 20.5 Å². The number of nitrogens with one attached hydrogen (secondary N) is 3. The molecule has 32 heavy (non-hydrogen) atoms. The summed E-state index contributed by atoms with van der Waals surface area (Å²) in [6, 6.07) is 13.5. The highest BCUT2D eigenvalue weighted by atomic mass is 16.2. The number of aryl methyl sites for hydroxylation is 1. The van der Waals surface area contributed by atoms with Crippen LogP contribution in [0.5, 0.6) is 0 Å². The van der Waals surface area contributed by atoms with Crippen LogP contribution in [-0.2, 0) is 11.3 Å². The number of amides is 3. The van der Waals surface area contributed by atoms with Gasteiger partial charge in [0.25, 0.3) is 11.8 Å². The number of rotatable bonds is 9. The molecule has 8 heteroatoms. The van der Waals surface area contributed by atoms with E-state index >= 15 is 0 Å². The molecule has 0 fully saturated rings. The molecule has 166 valence electrons. The molecule has 0 aliphatic carbocycles. The molecule has 0 atom stereocenters. The molecule has 0 unspecified atom stereocenters. The highest BCUT2D eigenvalue weighted by Crippen LogP contribution is 2.18. The Bertz CT molecular complexity index is 1080. The quantitative estimate of drug-likeness (QED) is 0.480. The Labute approximate surface area is 187 Å². The summed E-state index contributed by atoms with van der Waals surface area (Å²) in [5, 5.41) is 8.46. The lowest BCUT2D eigenvalue weighted by atomic mass is 10.1. The van der Waals surface area contributed by atoms with Gasteiger partial charge in [-0.05, 0) is 36.2 Å². The summed E-state index contributed by atoms with van der Waals surface area (Å²) in [5.74, 6) is -0.459. The Morgan fingerprint density at radius 1 is 1.00 bits per heavy atom. The van der Waals surface area contributed by atoms with Crippen molar-refractivity contribution in [1.29, 1.82) is 0 Å². The Kier molecular flexibility index (Phi) is 7.75. The average molecular weight is 434 g/mol. The Morgan fingerprint density at radius 3 is 2.56 bits per heavy atom. The number of imidazole rings is 1. The maximum Gasteiger partial charge on any atom is 0.255 e. The van der Waals surface area contributed by atoms with Gasteiger partial charge in [0.1, 0.15) is 0 Å². The van der Waals surface area contributed by atoms with Crippen LogP contribution in [0.3, 0.4) is 0 Å². The van der Waals surface area contributed by atoms with Crippen LogP contribution in [0, 0.1) is 5.92 Å². The SMILES string of the molecule is CC(C)CNC(=O)c1ccccc1NC(=O)c1cccc(NC(=O)CCn2ccnc2)c1. The zero-order valence-electron chi connectivity index (χ0n) is 18.2. The van der Waals surface area contributed by atoms with E-state index in [1.165, 1.54) is 0 Å². The van der Waals surface area contributed by atoms with Crippen LogP contribution in [0.25, 0.3) is 0 Å². The average Bonchev–Trinajstić information content (AvgIpc) is 3.30. The Morgan fingerprint density at radius 2 is 1.81 bits per heavy atom. The van der Waals surface area contributed by atoms with Gasteiger partial charge in [0.05, 0.1) is 17.6 Å². The van der Waals surface area contributed by atoms with E-state index in [0.717, 1.165) is 0 Å². The first-order valence-electron chi connectivity index (χ1n) is 10.5. The van der Waals surface area contributed by atoms with Gasteiger partial charge in [0, 0.05) is 43.2 Å². The molecule has 0 radical (unpaired) electrons. The molecular weight excluding hydrogens is 406 g/mol. The van der Waals surface area contributed by atoms with Gasteiger partial charge in [0.15, 0.2) is 0 Å². The Balaban J connectivity index is 1.63. The van der Waals surface area contributed by atoms with Crippen LogP contribution in [0.1, 0.15) is 41.0 Å². The smallest absolute Gasteiger partial charge is 0.255 e. The molecule has 0 aliphatic rings. The summed E-state index contributed by atoms with van der Waals surface area (Å²) in [7, 11) is 0. The van der Waals surface area contributed by atoms with E-state index in [2.05, 4.69) is 20.9 Å². The molecule has 3 amide bonds. The third kappa shape index (κ3) is 6.53. The monoisotopic (exact) mass is 433 g/mol. The van der Waals surface area contributed by atoms with Crippen molar-refractivity contribution in [2.24, 2.45) is 5.92 Å². The molecule has 3 N–H and O–H groups in total. The molecule has 0 spiro atoms. The van der Waals surface area contributed by atoms with Gasteiger partial charge in [-0.3, -0.25) is 14.4 Å². The minimum absolute atomic E-state index is 0.163. The molecule has 3 rings (SSSR count). The molecule has 0 aliphatic heterocycles. The summed E-state index contributed by atoms with van der Waals surface area (Å²) >= 11 is 0. The van der Waals surface area contributed by atoms with E-state index in [1.807, 2.05) is 18.4 Å². The normalized spacial score (nSPS) is 10.6. The second-order valence-electron chi connectivity index (χ2n) is 7.78. The maximum atomic E-state index is 12.8. The minimum Gasteiger partial charge on any atom is -0.352 e. The summed E-state index contributed by atoms with van der Waals surface area (Å²) < 4.78 is 1.82. The summed E-state index contributed by atoms with van der Waals surface area (Å²) in [6.07, 6.45) is 5.39. The third-order valence-electron chi connectivity index (χ3n) is 4.66. The van der Waals surface area contributed by atoms with Crippen molar-refractivity contribution in [2.45, 2.75) is 26.8 Å². The van der Waals surface area contributed by atoms with Gasteiger partial charge >= 0.3 is 0 Å². The third-order valence-corrected chi connectivity index (χ3v) is 4.66. The predicted molar refractivity (Wildman–Crippen MR) is 123 cm³/mol. The van der Waals surface area contributed by atoms with Crippen molar-refractivity contribution < 1.29 is 14.4 Å². The zero-order chi connectivity index (χ0) is 22.9. The van der Waals surface area contributed by atoms with E-state index in [0.29, 0.717) is 41.5 Å². The molecule has 3 aromatic rings. The van der Waals surface area contributed by atoms with Crippen LogP contribution >= 0.6 is 0 Å². The first-order valence-corrected chi connectivity index (χ1v) is 10.5. The predicted octanol–water partition coefficient (Wildman–Crippen LogP) is 3.55. The minimum atomic E-state index is -0.372. The van der Waals surface area contributed by atoms with Gasteiger partial charge in [0.2, 0.25) is 5.91 Å². The molecule has 8 nitrogen and oxygen atoms in total. The number of hydrogen-bond acceptors (Lipinski definition) is 4. The summed E-state index contributed by atoms with van der Waals surface area (Å²) in [6.45, 7) is 5.08. The highest BCUT2D eigenvalue weighted by molar-refractivity contribution is 6.09. The first kappa shape index (κ1) is 22.7. The van der Waals surface area contributed by atoms with Crippen molar-refractivity contribution in [2.75, 3.05) is 17.2 Å². The summed E-state index contributed by atoms with van der Waals surface area (Å²) in [5.41, 5.74) is 1.71. The van der Waals surface area contributed by atoms with Crippen LogP contribution in [-0.4, -0.2) is 33.8 Å². The number of hydrogen-bond donors (Lipinski definition) is 3. The number of benzene rings is 2.